The molecule has 0 saturated carbocycles. The highest BCUT2D eigenvalue weighted by Gasteiger charge is 2.21. The van der Waals surface area contributed by atoms with E-state index in [4.69, 9.17) is 0 Å². The molecule has 0 N–H and O–H groups in total. The van der Waals surface area contributed by atoms with Crippen LogP contribution in [0.3, 0.4) is 0 Å². The van der Waals surface area contributed by atoms with E-state index in [1.807, 2.05) is 28.8 Å². The first kappa shape index (κ1) is 11.2. The molecule has 3 heterocycles. The summed E-state index contributed by atoms with van der Waals surface area (Å²) < 4.78 is 1.85. The number of piperazine rings is 1. The van der Waals surface area contributed by atoms with E-state index < -0.39 is 0 Å². The molecule has 18 heavy (non-hydrogen) atoms. The van der Waals surface area contributed by atoms with Crippen LogP contribution in [-0.2, 0) is 0 Å². The van der Waals surface area contributed by atoms with Gasteiger partial charge in [0.1, 0.15) is 11.3 Å². The Balaban J connectivity index is 2.03. The van der Waals surface area contributed by atoms with Gasteiger partial charge in [0.25, 0.3) is 0 Å². The van der Waals surface area contributed by atoms with Crippen LogP contribution in [0, 0.1) is 0 Å². The Hall–Kier alpha value is -1.88. The van der Waals surface area contributed by atoms with Gasteiger partial charge in [0.15, 0.2) is 12.1 Å². The highest BCUT2D eigenvalue weighted by molar-refractivity contribution is 5.83. The SMILES string of the molecule is CN1CCN(c2nc3ccccn3c2C=O)CC1. The number of aldehydes is 1. The maximum atomic E-state index is 11.3. The summed E-state index contributed by atoms with van der Waals surface area (Å²) in [5, 5.41) is 0. The fourth-order valence-corrected chi connectivity index (χ4v) is 2.36. The van der Waals surface area contributed by atoms with Crippen LogP contribution in [-0.4, -0.2) is 53.8 Å². The fraction of sp³-hybridized carbons (Fsp3) is 0.385. The molecule has 0 unspecified atom stereocenters. The molecule has 1 saturated heterocycles. The summed E-state index contributed by atoms with van der Waals surface area (Å²) in [4.78, 5) is 20.4. The molecule has 5 heteroatoms. The molecule has 0 atom stereocenters. The number of fused-ring (bicyclic) bond motifs is 1. The van der Waals surface area contributed by atoms with Gasteiger partial charge in [-0.3, -0.25) is 9.20 Å². The molecule has 1 aliphatic rings. The first-order valence-corrected chi connectivity index (χ1v) is 6.15. The van der Waals surface area contributed by atoms with E-state index in [0.29, 0.717) is 5.69 Å². The number of anilines is 1. The quantitative estimate of drug-likeness (QED) is 0.736. The third-order valence-electron chi connectivity index (χ3n) is 3.46. The van der Waals surface area contributed by atoms with Crippen LogP contribution in [0.2, 0.25) is 0 Å². The lowest BCUT2D eigenvalue weighted by molar-refractivity contribution is 0.111. The van der Waals surface area contributed by atoms with Gasteiger partial charge in [-0.15, -0.1) is 0 Å². The number of nitrogens with zero attached hydrogens (tertiary/aromatic N) is 4. The van der Waals surface area contributed by atoms with E-state index >= 15 is 0 Å². The van der Waals surface area contributed by atoms with Crippen LogP contribution in [0.25, 0.3) is 5.65 Å². The number of imidazole rings is 1. The first-order valence-electron chi connectivity index (χ1n) is 6.15. The van der Waals surface area contributed by atoms with Crippen molar-refractivity contribution < 1.29 is 4.79 Å². The molecule has 0 bridgehead atoms. The lowest BCUT2D eigenvalue weighted by Gasteiger charge is -2.32. The van der Waals surface area contributed by atoms with Gasteiger partial charge >= 0.3 is 0 Å². The summed E-state index contributed by atoms with van der Waals surface area (Å²) in [5.74, 6) is 0.810. The molecule has 0 aromatic carbocycles. The van der Waals surface area contributed by atoms with Crippen LogP contribution in [0.15, 0.2) is 24.4 Å². The molecule has 0 amide bonds. The molecule has 0 radical (unpaired) electrons. The maximum absolute atomic E-state index is 11.3. The van der Waals surface area contributed by atoms with Gasteiger partial charge in [-0.2, -0.15) is 0 Å². The van der Waals surface area contributed by atoms with E-state index in [-0.39, 0.29) is 0 Å². The molecule has 1 fully saturated rings. The van der Waals surface area contributed by atoms with Crippen molar-refractivity contribution in [2.75, 3.05) is 38.1 Å². The molecule has 94 valence electrons. The van der Waals surface area contributed by atoms with Crippen LogP contribution in [0.5, 0.6) is 0 Å². The summed E-state index contributed by atoms with van der Waals surface area (Å²) in [7, 11) is 2.11. The number of carbonyl (C=O) groups excluding carboxylic acids is 1. The largest absolute Gasteiger partial charge is 0.352 e. The van der Waals surface area contributed by atoms with Gasteiger partial charge in [0.05, 0.1) is 0 Å². The van der Waals surface area contributed by atoms with Gasteiger partial charge < -0.3 is 9.80 Å². The highest BCUT2D eigenvalue weighted by atomic mass is 16.1. The Morgan fingerprint density at radius 1 is 1.22 bits per heavy atom. The van der Waals surface area contributed by atoms with Crippen molar-refractivity contribution in [1.82, 2.24) is 14.3 Å². The predicted molar refractivity (Wildman–Crippen MR) is 70.3 cm³/mol. The molecule has 0 aliphatic carbocycles. The lowest BCUT2D eigenvalue weighted by Crippen LogP contribution is -2.45. The van der Waals surface area contributed by atoms with Crippen molar-refractivity contribution in [1.29, 1.82) is 0 Å². The van der Waals surface area contributed by atoms with Crippen LogP contribution >= 0.6 is 0 Å². The van der Waals surface area contributed by atoms with Gasteiger partial charge in [-0.1, -0.05) is 6.07 Å². The Morgan fingerprint density at radius 2 is 2.00 bits per heavy atom. The van der Waals surface area contributed by atoms with E-state index in [1.54, 1.807) is 0 Å². The number of aromatic nitrogens is 2. The van der Waals surface area contributed by atoms with E-state index in [2.05, 4.69) is 21.8 Å². The Bertz CT molecular complexity index is 569. The maximum Gasteiger partial charge on any atom is 0.170 e. The Kier molecular flexibility index (Phi) is 2.76. The second-order valence-electron chi connectivity index (χ2n) is 4.66. The molecule has 0 spiro atoms. The second-order valence-corrected chi connectivity index (χ2v) is 4.66. The summed E-state index contributed by atoms with van der Waals surface area (Å²) in [6, 6.07) is 5.77. The number of likely N-dealkylation sites (N-methyl/N-ethyl adjacent to an activating group) is 1. The van der Waals surface area contributed by atoms with Crippen molar-refractivity contribution in [3.8, 4) is 0 Å². The van der Waals surface area contributed by atoms with E-state index in [0.717, 1.165) is 43.9 Å². The van der Waals surface area contributed by atoms with E-state index in [1.165, 1.54) is 0 Å². The summed E-state index contributed by atoms with van der Waals surface area (Å²) in [6.07, 6.45) is 2.78. The summed E-state index contributed by atoms with van der Waals surface area (Å²) >= 11 is 0. The average molecular weight is 244 g/mol. The minimum absolute atomic E-state index is 0.648. The molecule has 3 rings (SSSR count). The van der Waals surface area contributed by atoms with Crippen molar-refractivity contribution in [3.05, 3.63) is 30.1 Å². The number of hydrogen-bond acceptors (Lipinski definition) is 4. The van der Waals surface area contributed by atoms with Crippen LogP contribution in [0.1, 0.15) is 10.5 Å². The highest BCUT2D eigenvalue weighted by Crippen LogP contribution is 2.21. The van der Waals surface area contributed by atoms with Gasteiger partial charge in [-0.05, 0) is 19.2 Å². The van der Waals surface area contributed by atoms with Crippen LogP contribution in [0.4, 0.5) is 5.82 Å². The molecular weight excluding hydrogens is 228 g/mol. The number of hydrogen-bond donors (Lipinski definition) is 0. The molecule has 2 aromatic heterocycles. The predicted octanol–water partition coefficient (Wildman–Crippen LogP) is 0.899. The van der Waals surface area contributed by atoms with Crippen molar-refractivity contribution >= 4 is 17.8 Å². The zero-order chi connectivity index (χ0) is 12.5. The standard InChI is InChI=1S/C13H16N4O/c1-15-6-8-16(9-7-15)13-11(10-18)17-5-3-2-4-12(17)14-13/h2-5,10H,6-9H2,1H3. The van der Waals surface area contributed by atoms with Crippen LogP contribution < -0.4 is 4.90 Å². The third kappa shape index (κ3) is 1.76. The van der Waals surface area contributed by atoms with Crippen molar-refractivity contribution in [3.63, 3.8) is 0 Å². The Morgan fingerprint density at radius 3 is 2.72 bits per heavy atom. The average Bonchev–Trinajstić information content (AvgIpc) is 2.78. The topological polar surface area (TPSA) is 40.9 Å². The minimum Gasteiger partial charge on any atom is -0.352 e. The summed E-state index contributed by atoms with van der Waals surface area (Å²) in [5.41, 5.74) is 1.48. The smallest absolute Gasteiger partial charge is 0.170 e. The summed E-state index contributed by atoms with van der Waals surface area (Å²) in [6.45, 7) is 3.85. The Labute approximate surface area is 106 Å². The molecule has 2 aromatic rings. The minimum atomic E-state index is 0.648. The number of carbonyl (C=O) groups is 1. The zero-order valence-electron chi connectivity index (χ0n) is 10.4. The molecule has 5 nitrogen and oxygen atoms in total. The number of rotatable bonds is 2. The first-order chi connectivity index (χ1) is 8.79. The van der Waals surface area contributed by atoms with Crippen molar-refractivity contribution in [2.45, 2.75) is 0 Å². The monoisotopic (exact) mass is 244 g/mol. The van der Waals surface area contributed by atoms with Gasteiger partial charge in [-0.25, -0.2) is 4.98 Å². The third-order valence-corrected chi connectivity index (χ3v) is 3.46. The number of pyridine rings is 1. The van der Waals surface area contributed by atoms with E-state index in [9.17, 15) is 4.79 Å². The molecule has 1 aliphatic heterocycles. The zero-order valence-corrected chi connectivity index (χ0v) is 10.4. The second kappa shape index (κ2) is 4.42. The lowest BCUT2D eigenvalue weighted by atomic mass is 10.3. The molecular formula is C13H16N4O. The van der Waals surface area contributed by atoms with Gasteiger partial charge in [0, 0.05) is 32.4 Å². The normalized spacial score (nSPS) is 17.3. The van der Waals surface area contributed by atoms with Crippen molar-refractivity contribution in [2.24, 2.45) is 0 Å². The van der Waals surface area contributed by atoms with Gasteiger partial charge in [0.2, 0.25) is 0 Å². The fourth-order valence-electron chi connectivity index (χ4n) is 2.36.